The van der Waals surface area contributed by atoms with Crippen LogP contribution in [0.5, 0.6) is 5.75 Å². The molecule has 1 heterocycles. The molecule has 1 aromatic heterocycles. The summed E-state index contributed by atoms with van der Waals surface area (Å²) in [5.41, 5.74) is 4.85. The highest BCUT2D eigenvalue weighted by Gasteiger charge is 1.96. The summed E-state index contributed by atoms with van der Waals surface area (Å²) in [7, 11) is 1.80. The summed E-state index contributed by atoms with van der Waals surface area (Å²) in [6.07, 6.45) is 3.34. The van der Waals surface area contributed by atoms with Crippen molar-refractivity contribution in [1.29, 1.82) is 0 Å². The topological polar surface area (TPSA) is 82.2 Å². The van der Waals surface area contributed by atoms with Gasteiger partial charge in [-0.2, -0.15) is 5.10 Å². The molecule has 6 nitrogen and oxygen atoms in total. The summed E-state index contributed by atoms with van der Waals surface area (Å²) in [4.78, 5) is 10.3. The van der Waals surface area contributed by atoms with Crippen molar-refractivity contribution in [3.63, 3.8) is 0 Å². The van der Waals surface area contributed by atoms with Gasteiger partial charge in [0, 0.05) is 7.05 Å². The van der Waals surface area contributed by atoms with Crippen molar-refractivity contribution in [3.05, 3.63) is 12.4 Å². The summed E-state index contributed by atoms with van der Waals surface area (Å²) < 4.78 is 6.86. The van der Waals surface area contributed by atoms with Gasteiger partial charge in [-0.25, -0.2) is 4.79 Å². The van der Waals surface area contributed by atoms with Crippen molar-refractivity contribution >= 4 is 6.03 Å². The molecule has 0 aliphatic heterocycles. The van der Waals surface area contributed by atoms with Crippen molar-refractivity contribution in [2.24, 2.45) is 12.8 Å². The highest BCUT2D eigenvalue weighted by atomic mass is 16.5. The Morgan fingerprint density at radius 2 is 2.62 bits per heavy atom. The molecule has 72 valence electrons. The molecule has 6 heteroatoms. The smallest absolute Gasteiger partial charge is 0.312 e. The van der Waals surface area contributed by atoms with Crippen LogP contribution in [0.2, 0.25) is 0 Å². The Hall–Kier alpha value is -1.72. The average molecular weight is 184 g/mol. The molecule has 0 spiro atoms. The van der Waals surface area contributed by atoms with Crippen LogP contribution in [0, 0.1) is 0 Å². The van der Waals surface area contributed by atoms with Crippen LogP contribution in [0.1, 0.15) is 0 Å². The Kier molecular flexibility index (Phi) is 3.13. The lowest BCUT2D eigenvalue weighted by Crippen LogP contribution is -2.32. The second kappa shape index (κ2) is 4.34. The maximum absolute atomic E-state index is 10.3. The zero-order valence-electron chi connectivity index (χ0n) is 7.36. The number of rotatable bonds is 4. The first-order valence-corrected chi connectivity index (χ1v) is 3.83. The third-order valence-electron chi connectivity index (χ3n) is 1.35. The first kappa shape index (κ1) is 9.37. The van der Waals surface area contributed by atoms with Gasteiger partial charge in [-0.3, -0.25) is 4.68 Å². The molecule has 0 atom stereocenters. The molecule has 2 amide bonds. The number of aryl methyl sites for hydroxylation is 1. The number of nitrogens with zero attached hydrogens (tertiary/aromatic N) is 2. The second-order valence-corrected chi connectivity index (χ2v) is 2.49. The molecule has 1 aromatic rings. The summed E-state index contributed by atoms with van der Waals surface area (Å²) in [6, 6.07) is -0.546. The second-order valence-electron chi connectivity index (χ2n) is 2.49. The molecule has 0 fully saturated rings. The van der Waals surface area contributed by atoms with E-state index in [1.54, 1.807) is 24.1 Å². The van der Waals surface area contributed by atoms with E-state index in [0.717, 1.165) is 0 Å². The van der Waals surface area contributed by atoms with Crippen molar-refractivity contribution in [3.8, 4) is 5.75 Å². The van der Waals surface area contributed by atoms with Gasteiger partial charge in [0.05, 0.1) is 18.9 Å². The average Bonchev–Trinajstić information content (AvgIpc) is 2.45. The van der Waals surface area contributed by atoms with Crippen LogP contribution in [0.3, 0.4) is 0 Å². The van der Waals surface area contributed by atoms with Gasteiger partial charge in [-0.1, -0.05) is 0 Å². The lowest BCUT2D eigenvalue weighted by atomic mass is 10.6. The zero-order chi connectivity index (χ0) is 9.68. The Morgan fingerprint density at radius 1 is 1.85 bits per heavy atom. The molecule has 0 aromatic carbocycles. The minimum atomic E-state index is -0.546. The molecule has 0 aliphatic carbocycles. The van der Waals surface area contributed by atoms with Crippen molar-refractivity contribution < 1.29 is 9.53 Å². The maximum Gasteiger partial charge on any atom is 0.312 e. The van der Waals surface area contributed by atoms with Gasteiger partial charge in [0.1, 0.15) is 6.61 Å². The minimum Gasteiger partial charge on any atom is -0.488 e. The fraction of sp³-hybridized carbons (Fsp3) is 0.429. The number of hydrogen-bond acceptors (Lipinski definition) is 3. The van der Waals surface area contributed by atoms with Crippen molar-refractivity contribution in [1.82, 2.24) is 15.1 Å². The van der Waals surface area contributed by atoms with Gasteiger partial charge in [0.15, 0.2) is 5.75 Å². The van der Waals surface area contributed by atoms with E-state index in [9.17, 15) is 4.79 Å². The molecule has 3 N–H and O–H groups in total. The summed E-state index contributed by atoms with van der Waals surface area (Å²) in [5.74, 6) is 0.675. The predicted molar refractivity (Wildman–Crippen MR) is 46.3 cm³/mol. The number of carbonyl (C=O) groups is 1. The standard InChI is InChI=1S/C7H12N4O2/c1-11-5-6(4-10-11)13-3-2-9-7(8)12/h4-5H,2-3H2,1H3,(H3,8,9,12). The number of ether oxygens (including phenoxy) is 1. The van der Waals surface area contributed by atoms with Crippen molar-refractivity contribution in [2.45, 2.75) is 0 Å². The van der Waals surface area contributed by atoms with Crippen LogP contribution in [0.25, 0.3) is 0 Å². The Bertz CT molecular complexity index is 284. The van der Waals surface area contributed by atoms with Gasteiger partial charge in [0.25, 0.3) is 0 Å². The number of urea groups is 1. The van der Waals surface area contributed by atoms with E-state index < -0.39 is 6.03 Å². The third kappa shape index (κ3) is 3.46. The minimum absolute atomic E-state index is 0.384. The van der Waals surface area contributed by atoms with E-state index in [2.05, 4.69) is 10.4 Å². The number of amides is 2. The van der Waals surface area contributed by atoms with Crippen LogP contribution >= 0.6 is 0 Å². The predicted octanol–water partition coefficient (Wildman–Crippen LogP) is -0.533. The third-order valence-corrected chi connectivity index (χ3v) is 1.35. The van der Waals surface area contributed by atoms with E-state index in [1.165, 1.54) is 0 Å². The van der Waals surface area contributed by atoms with Gasteiger partial charge < -0.3 is 15.8 Å². The Labute approximate surface area is 75.7 Å². The van der Waals surface area contributed by atoms with E-state index in [0.29, 0.717) is 18.9 Å². The van der Waals surface area contributed by atoms with E-state index in [-0.39, 0.29) is 0 Å². The molecule has 0 aliphatic rings. The maximum atomic E-state index is 10.3. The molecule has 13 heavy (non-hydrogen) atoms. The fourth-order valence-corrected chi connectivity index (χ4v) is 0.816. The normalized spacial score (nSPS) is 9.62. The molecular formula is C7H12N4O2. The number of aromatic nitrogens is 2. The number of nitrogens with two attached hydrogens (primary N) is 1. The van der Waals surface area contributed by atoms with E-state index in [1.807, 2.05) is 0 Å². The SMILES string of the molecule is Cn1cc(OCCNC(N)=O)cn1. The highest BCUT2D eigenvalue weighted by molar-refractivity contribution is 5.71. The Balaban J connectivity index is 2.16. The highest BCUT2D eigenvalue weighted by Crippen LogP contribution is 2.05. The molecule has 1 rings (SSSR count). The molecule has 0 radical (unpaired) electrons. The first-order chi connectivity index (χ1) is 6.18. The first-order valence-electron chi connectivity index (χ1n) is 3.83. The van der Waals surface area contributed by atoms with E-state index in [4.69, 9.17) is 10.5 Å². The summed E-state index contributed by atoms with van der Waals surface area (Å²) in [6.45, 7) is 0.777. The monoisotopic (exact) mass is 184 g/mol. The number of hydrogen-bond donors (Lipinski definition) is 2. The Morgan fingerprint density at radius 3 is 3.15 bits per heavy atom. The van der Waals surface area contributed by atoms with Gasteiger partial charge >= 0.3 is 6.03 Å². The summed E-state index contributed by atoms with van der Waals surface area (Å²) >= 11 is 0. The quantitative estimate of drug-likeness (QED) is 0.617. The summed E-state index contributed by atoms with van der Waals surface area (Å²) in [5, 5.41) is 6.32. The van der Waals surface area contributed by atoms with Crippen LogP contribution in [-0.2, 0) is 7.05 Å². The fourth-order valence-electron chi connectivity index (χ4n) is 0.816. The molecule has 0 bridgehead atoms. The zero-order valence-corrected chi connectivity index (χ0v) is 7.36. The molecule has 0 unspecified atom stereocenters. The molecule has 0 saturated carbocycles. The van der Waals surface area contributed by atoms with Crippen LogP contribution < -0.4 is 15.8 Å². The number of primary amides is 1. The van der Waals surface area contributed by atoms with Crippen LogP contribution in [-0.4, -0.2) is 29.0 Å². The molecule has 0 saturated heterocycles. The lowest BCUT2D eigenvalue weighted by molar-refractivity contribution is 0.244. The van der Waals surface area contributed by atoms with Crippen LogP contribution in [0.4, 0.5) is 4.79 Å². The lowest BCUT2D eigenvalue weighted by Gasteiger charge is -2.02. The number of carbonyl (C=O) groups excluding carboxylic acids is 1. The van der Waals surface area contributed by atoms with Gasteiger partial charge in [0.2, 0.25) is 0 Å². The van der Waals surface area contributed by atoms with Crippen molar-refractivity contribution in [2.75, 3.05) is 13.2 Å². The van der Waals surface area contributed by atoms with Gasteiger partial charge in [-0.15, -0.1) is 0 Å². The molecular weight excluding hydrogens is 172 g/mol. The van der Waals surface area contributed by atoms with Crippen LogP contribution in [0.15, 0.2) is 12.4 Å². The van der Waals surface area contributed by atoms with Gasteiger partial charge in [-0.05, 0) is 0 Å². The van der Waals surface area contributed by atoms with E-state index >= 15 is 0 Å². The number of nitrogens with one attached hydrogen (secondary N) is 1. The largest absolute Gasteiger partial charge is 0.488 e.